The fourth-order valence-corrected chi connectivity index (χ4v) is 3.66. The van der Waals surface area contributed by atoms with Crippen molar-refractivity contribution in [3.05, 3.63) is 36.7 Å². The number of likely N-dealkylation sites (tertiary alicyclic amines) is 1. The molecule has 0 spiro atoms. The Morgan fingerprint density at radius 3 is 2.92 bits per heavy atom. The first kappa shape index (κ1) is 14.4. The van der Waals surface area contributed by atoms with Crippen LogP contribution in [-0.2, 0) is 4.79 Å². The minimum absolute atomic E-state index is 0.149. The topological polar surface area (TPSA) is 80.3 Å². The molecule has 2 saturated heterocycles. The van der Waals surface area contributed by atoms with Gasteiger partial charge in [-0.3, -0.25) is 4.79 Å². The zero-order valence-corrected chi connectivity index (χ0v) is 13.7. The van der Waals surface area contributed by atoms with E-state index in [2.05, 4.69) is 15.3 Å². The number of carbonyl (C=O) groups excluding carboxylic acids is 1. The molecule has 5 rings (SSSR count). The van der Waals surface area contributed by atoms with Gasteiger partial charge in [0.2, 0.25) is 5.91 Å². The summed E-state index contributed by atoms with van der Waals surface area (Å²) in [4.78, 5) is 21.4. The maximum Gasteiger partial charge on any atom is 0.299 e. The highest BCUT2D eigenvalue weighted by Gasteiger charge is 2.41. The third kappa shape index (κ3) is 2.36. The number of hydrogen-bond donors (Lipinski definition) is 0. The lowest BCUT2D eigenvalue weighted by Gasteiger charge is -2.41. The van der Waals surface area contributed by atoms with Gasteiger partial charge in [0, 0.05) is 25.8 Å². The van der Waals surface area contributed by atoms with Crippen molar-refractivity contribution in [3.8, 4) is 0 Å². The van der Waals surface area contributed by atoms with Crippen molar-refractivity contribution in [3.63, 3.8) is 0 Å². The van der Waals surface area contributed by atoms with E-state index in [9.17, 15) is 4.79 Å². The first-order valence-electron chi connectivity index (χ1n) is 8.56. The molecule has 0 bridgehead atoms. The van der Waals surface area contributed by atoms with Crippen LogP contribution in [0.15, 0.2) is 41.1 Å². The molecule has 0 saturated carbocycles. The molecule has 0 radical (unpaired) electrons. The summed E-state index contributed by atoms with van der Waals surface area (Å²) in [6, 6.07) is 8.27. The van der Waals surface area contributed by atoms with Crippen LogP contribution in [0.1, 0.15) is 18.9 Å². The Labute approximate surface area is 144 Å². The lowest BCUT2D eigenvalue weighted by Crippen LogP contribution is -2.56. The van der Waals surface area contributed by atoms with Gasteiger partial charge in [0.1, 0.15) is 11.6 Å². The summed E-state index contributed by atoms with van der Waals surface area (Å²) >= 11 is 0. The van der Waals surface area contributed by atoms with Crippen molar-refractivity contribution in [1.29, 1.82) is 0 Å². The summed E-state index contributed by atoms with van der Waals surface area (Å²) in [5, 5.41) is 7.84. The van der Waals surface area contributed by atoms with Gasteiger partial charge in [0.15, 0.2) is 5.58 Å². The van der Waals surface area contributed by atoms with Crippen LogP contribution in [0.4, 0.5) is 6.01 Å². The van der Waals surface area contributed by atoms with Gasteiger partial charge in [-0.05, 0) is 25.0 Å². The monoisotopic (exact) mass is 338 g/mol. The van der Waals surface area contributed by atoms with Gasteiger partial charge in [-0.2, -0.15) is 4.98 Å². The first-order chi connectivity index (χ1) is 12.3. The van der Waals surface area contributed by atoms with Gasteiger partial charge in [-0.1, -0.05) is 17.3 Å². The van der Waals surface area contributed by atoms with Crippen LogP contribution in [0.2, 0.25) is 0 Å². The lowest BCUT2D eigenvalue weighted by atomic mass is 10.1. The van der Waals surface area contributed by atoms with Crippen LogP contribution < -0.4 is 4.90 Å². The summed E-state index contributed by atoms with van der Waals surface area (Å²) < 4.78 is 7.68. The maximum atomic E-state index is 12.9. The Kier molecular flexibility index (Phi) is 3.22. The highest BCUT2D eigenvalue weighted by Crippen LogP contribution is 2.31. The summed E-state index contributed by atoms with van der Waals surface area (Å²) in [7, 11) is 0. The number of anilines is 1. The van der Waals surface area contributed by atoms with Crippen molar-refractivity contribution in [2.75, 3.05) is 24.5 Å². The third-order valence-corrected chi connectivity index (χ3v) is 5.06. The highest BCUT2D eigenvalue weighted by atomic mass is 16.4. The minimum atomic E-state index is -0.190. The van der Waals surface area contributed by atoms with Gasteiger partial charge in [0.25, 0.3) is 6.01 Å². The number of benzene rings is 1. The molecule has 3 aromatic rings. The van der Waals surface area contributed by atoms with E-state index in [0.717, 1.165) is 30.5 Å². The molecule has 1 atom stereocenters. The van der Waals surface area contributed by atoms with Crippen molar-refractivity contribution in [1.82, 2.24) is 24.9 Å². The average molecular weight is 338 g/mol. The molecule has 25 heavy (non-hydrogen) atoms. The quantitative estimate of drug-likeness (QED) is 0.719. The lowest BCUT2D eigenvalue weighted by molar-refractivity contribution is -0.138. The SMILES string of the molecule is O=C(C1CCCN1c1nc2ccccc2o1)N1CC(n2ccnn2)C1. The van der Waals surface area contributed by atoms with E-state index in [-0.39, 0.29) is 18.0 Å². The molecule has 2 aliphatic heterocycles. The second-order valence-electron chi connectivity index (χ2n) is 6.60. The number of nitrogens with zero attached hydrogens (tertiary/aromatic N) is 6. The Bertz CT molecular complexity index is 866. The zero-order chi connectivity index (χ0) is 16.8. The molecule has 2 aromatic heterocycles. The van der Waals surface area contributed by atoms with Gasteiger partial charge >= 0.3 is 0 Å². The standard InChI is InChI=1S/C17H18N6O2/c24-16(21-10-12(11-21)23-9-7-18-20-23)14-5-3-8-22(14)17-19-13-4-1-2-6-15(13)25-17/h1-2,4,6-7,9,12,14H,3,5,8,10-11H2. The van der Waals surface area contributed by atoms with Crippen molar-refractivity contribution >= 4 is 23.0 Å². The summed E-state index contributed by atoms with van der Waals surface area (Å²) in [5.74, 6) is 0.149. The minimum Gasteiger partial charge on any atom is -0.423 e. The van der Waals surface area contributed by atoms with Crippen LogP contribution in [0, 0.1) is 0 Å². The Morgan fingerprint density at radius 1 is 1.24 bits per heavy atom. The van der Waals surface area contributed by atoms with E-state index in [1.807, 2.05) is 44.9 Å². The molecule has 0 N–H and O–H groups in total. The fraction of sp³-hybridized carbons (Fsp3) is 0.412. The number of fused-ring (bicyclic) bond motifs is 1. The normalized spacial score (nSPS) is 21.0. The predicted octanol–water partition coefficient (Wildman–Crippen LogP) is 1.47. The number of aromatic nitrogens is 4. The van der Waals surface area contributed by atoms with Crippen molar-refractivity contribution < 1.29 is 9.21 Å². The number of amides is 1. The Morgan fingerprint density at radius 2 is 2.12 bits per heavy atom. The van der Waals surface area contributed by atoms with E-state index < -0.39 is 0 Å². The van der Waals surface area contributed by atoms with E-state index >= 15 is 0 Å². The maximum absolute atomic E-state index is 12.9. The van der Waals surface area contributed by atoms with Gasteiger partial charge in [-0.25, -0.2) is 4.68 Å². The average Bonchev–Trinajstić information content (AvgIpc) is 3.32. The molecule has 4 heterocycles. The number of rotatable bonds is 3. The van der Waals surface area contributed by atoms with Crippen LogP contribution >= 0.6 is 0 Å². The van der Waals surface area contributed by atoms with E-state index in [0.29, 0.717) is 19.1 Å². The highest BCUT2D eigenvalue weighted by molar-refractivity contribution is 5.86. The number of para-hydroxylation sites is 2. The van der Waals surface area contributed by atoms with E-state index in [4.69, 9.17) is 4.42 Å². The molecule has 8 nitrogen and oxygen atoms in total. The number of carbonyl (C=O) groups is 1. The molecule has 128 valence electrons. The van der Waals surface area contributed by atoms with Crippen molar-refractivity contribution in [2.24, 2.45) is 0 Å². The Balaban J connectivity index is 1.32. The number of oxazole rings is 1. The summed E-state index contributed by atoms with van der Waals surface area (Å²) in [5.41, 5.74) is 1.58. The number of hydrogen-bond acceptors (Lipinski definition) is 6. The molecule has 2 aliphatic rings. The molecule has 1 unspecified atom stereocenters. The van der Waals surface area contributed by atoms with Gasteiger partial charge in [-0.15, -0.1) is 5.10 Å². The largest absolute Gasteiger partial charge is 0.423 e. The molecule has 8 heteroatoms. The van der Waals surface area contributed by atoms with Crippen LogP contribution in [0.25, 0.3) is 11.1 Å². The van der Waals surface area contributed by atoms with Crippen LogP contribution in [0.3, 0.4) is 0 Å². The van der Waals surface area contributed by atoms with E-state index in [1.165, 1.54) is 0 Å². The zero-order valence-electron chi connectivity index (χ0n) is 13.7. The molecule has 0 aliphatic carbocycles. The molecule has 2 fully saturated rings. The van der Waals surface area contributed by atoms with Crippen LogP contribution in [0.5, 0.6) is 0 Å². The van der Waals surface area contributed by atoms with E-state index in [1.54, 1.807) is 6.20 Å². The van der Waals surface area contributed by atoms with Gasteiger partial charge in [0.05, 0.1) is 12.2 Å². The van der Waals surface area contributed by atoms with Crippen LogP contribution in [-0.4, -0.2) is 56.5 Å². The van der Waals surface area contributed by atoms with Gasteiger partial charge < -0.3 is 14.2 Å². The molecule has 1 aromatic carbocycles. The molecular weight excluding hydrogens is 320 g/mol. The second kappa shape index (κ2) is 5.58. The first-order valence-corrected chi connectivity index (χ1v) is 8.56. The molecular formula is C17H18N6O2. The third-order valence-electron chi connectivity index (χ3n) is 5.06. The van der Waals surface area contributed by atoms with Crippen molar-refractivity contribution in [2.45, 2.75) is 24.9 Å². The predicted molar refractivity (Wildman–Crippen MR) is 90.0 cm³/mol. The summed E-state index contributed by atoms with van der Waals surface area (Å²) in [6.07, 6.45) is 5.31. The fourth-order valence-electron chi connectivity index (χ4n) is 3.66. The molecule has 1 amide bonds. The summed E-state index contributed by atoms with van der Waals surface area (Å²) in [6.45, 7) is 2.16. The second-order valence-corrected chi connectivity index (χ2v) is 6.60. The smallest absolute Gasteiger partial charge is 0.299 e. The Hall–Kier alpha value is -2.90.